The number of esters is 2. The Hall–Kier alpha value is -4.26. The van der Waals surface area contributed by atoms with Crippen molar-refractivity contribution in [1.29, 1.82) is 0 Å². The molecule has 1 aliphatic heterocycles. The zero-order valence-corrected chi connectivity index (χ0v) is 20.1. The first-order chi connectivity index (χ1) is 17.4. The van der Waals surface area contributed by atoms with Gasteiger partial charge in [0, 0.05) is 0 Å². The lowest BCUT2D eigenvalue weighted by atomic mass is 9.69. The fourth-order valence-corrected chi connectivity index (χ4v) is 4.59. The second-order valence-electron chi connectivity index (χ2n) is 8.73. The standard InChI is InChI=1S/C29H27NO6/c1-20(24-16-10-5-11-17-24)30-26(32)25(21(2)31)29(30,27(33)35-18-22-12-6-3-7-13-22)28(34)36-19-23-14-8-4-9-15-23/h3-17,20,25H,18-19H2,1-2H3. The van der Waals surface area contributed by atoms with Crippen LogP contribution in [0.5, 0.6) is 0 Å². The Morgan fingerprint density at radius 1 is 0.778 bits per heavy atom. The minimum Gasteiger partial charge on any atom is -0.459 e. The Kier molecular flexibility index (Phi) is 7.29. The van der Waals surface area contributed by atoms with E-state index in [1.54, 1.807) is 79.7 Å². The second-order valence-corrected chi connectivity index (χ2v) is 8.73. The average Bonchev–Trinajstić information content (AvgIpc) is 2.90. The topological polar surface area (TPSA) is 90.0 Å². The number of likely N-dealkylation sites (tertiary alicyclic amines) is 1. The van der Waals surface area contributed by atoms with Crippen LogP contribution in [0, 0.1) is 5.92 Å². The SMILES string of the molecule is CC(=O)C1C(=O)N(C(C)c2ccccc2)C1(C(=O)OCc1ccccc1)C(=O)OCc1ccccc1. The summed E-state index contributed by atoms with van der Waals surface area (Å²) >= 11 is 0. The van der Waals surface area contributed by atoms with Gasteiger partial charge in [0.05, 0.1) is 6.04 Å². The molecule has 0 radical (unpaired) electrons. The molecule has 7 heteroatoms. The first-order valence-electron chi connectivity index (χ1n) is 11.7. The lowest BCUT2D eigenvalue weighted by molar-refractivity contribution is -0.209. The number of carbonyl (C=O) groups excluding carboxylic acids is 4. The fourth-order valence-electron chi connectivity index (χ4n) is 4.59. The van der Waals surface area contributed by atoms with Crippen LogP contribution >= 0.6 is 0 Å². The quantitative estimate of drug-likeness (QED) is 0.258. The molecular formula is C29H27NO6. The van der Waals surface area contributed by atoms with E-state index in [1.165, 1.54) is 6.92 Å². The predicted octanol–water partition coefficient (Wildman–Crippen LogP) is 4.02. The van der Waals surface area contributed by atoms with E-state index in [9.17, 15) is 19.2 Å². The first kappa shape index (κ1) is 24.9. The molecule has 36 heavy (non-hydrogen) atoms. The Bertz CT molecular complexity index is 1190. The molecule has 3 aromatic carbocycles. The summed E-state index contributed by atoms with van der Waals surface area (Å²) in [7, 11) is 0. The molecule has 4 rings (SSSR count). The summed E-state index contributed by atoms with van der Waals surface area (Å²) < 4.78 is 11.1. The molecule has 2 atom stereocenters. The van der Waals surface area contributed by atoms with Crippen LogP contribution in [0.25, 0.3) is 0 Å². The van der Waals surface area contributed by atoms with Crippen molar-refractivity contribution in [2.24, 2.45) is 5.92 Å². The summed E-state index contributed by atoms with van der Waals surface area (Å²) in [6, 6.07) is 26.2. The number of ketones is 1. The lowest BCUT2D eigenvalue weighted by Crippen LogP contribution is -2.80. The highest BCUT2D eigenvalue weighted by molar-refractivity contribution is 6.24. The summed E-state index contributed by atoms with van der Waals surface area (Å²) in [5.41, 5.74) is -0.136. The molecule has 0 N–H and O–H groups in total. The van der Waals surface area contributed by atoms with Gasteiger partial charge in [-0.2, -0.15) is 0 Å². The molecule has 1 amide bonds. The summed E-state index contributed by atoms with van der Waals surface area (Å²) in [6.45, 7) is 2.64. The summed E-state index contributed by atoms with van der Waals surface area (Å²) in [4.78, 5) is 54.5. The highest BCUT2D eigenvalue weighted by atomic mass is 16.6. The third kappa shape index (κ3) is 4.52. The molecule has 0 spiro atoms. The Balaban J connectivity index is 1.72. The second kappa shape index (κ2) is 10.6. The van der Waals surface area contributed by atoms with E-state index in [0.717, 1.165) is 4.90 Å². The van der Waals surface area contributed by atoms with Crippen LogP contribution in [0.3, 0.4) is 0 Å². The Morgan fingerprint density at radius 3 is 1.61 bits per heavy atom. The highest BCUT2D eigenvalue weighted by Gasteiger charge is 2.74. The maximum atomic E-state index is 13.7. The van der Waals surface area contributed by atoms with Crippen LogP contribution in [0.2, 0.25) is 0 Å². The van der Waals surface area contributed by atoms with E-state index >= 15 is 0 Å². The number of carbonyl (C=O) groups is 4. The maximum absolute atomic E-state index is 13.7. The van der Waals surface area contributed by atoms with Gasteiger partial charge in [0.2, 0.25) is 5.91 Å². The zero-order valence-electron chi connectivity index (χ0n) is 20.1. The number of nitrogens with zero attached hydrogens (tertiary/aromatic N) is 1. The van der Waals surface area contributed by atoms with Crippen molar-refractivity contribution in [3.63, 3.8) is 0 Å². The molecule has 0 bridgehead atoms. The number of rotatable bonds is 9. The van der Waals surface area contributed by atoms with Crippen molar-refractivity contribution in [2.75, 3.05) is 0 Å². The lowest BCUT2D eigenvalue weighted by Gasteiger charge is -2.54. The van der Waals surface area contributed by atoms with Gasteiger partial charge in [-0.05, 0) is 30.5 Å². The largest absolute Gasteiger partial charge is 0.459 e. The number of β-lactam (4-membered cyclic amide) rings is 1. The van der Waals surface area contributed by atoms with Crippen LogP contribution in [0.15, 0.2) is 91.0 Å². The van der Waals surface area contributed by atoms with Gasteiger partial charge in [0.25, 0.3) is 5.54 Å². The van der Waals surface area contributed by atoms with Gasteiger partial charge >= 0.3 is 11.9 Å². The van der Waals surface area contributed by atoms with Crippen molar-refractivity contribution in [3.8, 4) is 0 Å². The van der Waals surface area contributed by atoms with Crippen molar-refractivity contribution in [2.45, 2.75) is 38.6 Å². The molecule has 184 valence electrons. The number of ether oxygens (including phenoxy) is 2. The van der Waals surface area contributed by atoms with E-state index in [-0.39, 0.29) is 13.2 Å². The average molecular weight is 486 g/mol. The molecule has 2 unspecified atom stereocenters. The molecular weight excluding hydrogens is 458 g/mol. The third-order valence-corrected chi connectivity index (χ3v) is 6.41. The van der Waals surface area contributed by atoms with E-state index in [0.29, 0.717) is 16.7 Å². The molecule has 0 saturated carbocycles. The molecule has 1 heterocycles. The van der Waals surface area contributed by atoms with Gasteiger partial charge in [0.1, 0.15) is 24.9 Å². The Morgan fingerprint density at radius 2 is 1.19 bits per heavy atom. The number of benzene rings is 3. The molecule has 3 aromatic rings. The van der Waals surface area contributed by atoms with Crippen molar-refractivity contribution >= 4 is 23.6 Å². The normalized spacial score (nSPS) is 17.0. The number of hydrogen-bond donors (Lipinski definition) is 0. The summed E-state index contributed by atoms with van der Waals surface area (Å²) in [5, 5.41) is 0. The Labute approximate surface area is 209 Å². The van der Waals surface area contributed by atoms with E-state index in [1.807, 2.05) is 18.2 Å². The maximum Gasteiger partial charge on any atom is 0.345 e. The first-order valence-corrected chi connectivity index (χ1v) is 11.7. The van der Waals surface area contributed by atoms with Gasteiger partial charge in [0.15, 0.2) is 0 Å². The van der Waals surface area contributed by atoms with Crippen LogP contribution in [-0.2, 0) is 41.9 Å². The van der Waals surface area contributed by atoms with Crippen LogP contribution in [-0.4, -0.2) is 34.1 Å². The van der Waals surface area contributed by atoms with Crippen molar-refractivity contribution in [1.82, 2.24) is 4.90 Å². The van der Waals surface area contributed by atoms with Crippen molar-refractivity contribution in [3.05, 3.63) is 108 Å². The van der Waals surface area contributed by atoms with Gasteiger partial charge in [-0.3, -0.25) is 9.59 Å². The van der Waals surface area contributed by atoms with Crippen LogP contribution in [0.1, 0.15) is 36.6 Å². The molecule has 1 aliphatic rings. The summed E-state index contributed by atoms with van der Waals surface area (Å²) in [5.74, 6) is -4.74. The van der Waals surface area contributed by atoms with Crippen LogP contribution < -0.4 is 0 Å². The smallest absolute Gasteiger partial charge is 0.345 e. The summed E-state index contributed by atoms with van der Waals surface area (Å²) in [6.07, 6.45) is 0. The van der Waals surface area contributed by atoms with E-state index < -0.39 is 41.1 Å². The van der Waals surface area contributed by atoms with E-state index in [2.05, 4.69) is 0 Å². The van der Waals surface area contributed by atoms with Crippen LogP contribution in [0.4, 0.5) is 0 Å². The molecule has 0 aromatic heterocycles. The number of Topliss-reactive ketones (excluding diaryl/α,β-unsaturated/α-hetero) is 1. The van der Waals surface area contributed by atoms with Gasteiger partial charge in [-0.25, -0.2) is 9.59 Å². The number of hydrogen-bond acceptors (Lipinski definition) is 6. The van der Waals surface area contributed by atoms with Gasteiger partial charge < -0.3 is 14.4 Å². The number of amides is 1. The predicted molar refractivity (Wildman–Crippen MR) is 131 cm³/mol. The molecule has 0 aliphatic carbocycles. The monoisotopic (exact) mass is 485 g/mol. The molecule has 1 fully saturated rings. The zero-order chi connectivity index (χ0) is 25.7. The van der Waals surface area contributed by atoms with Crippen molar-refractivity contribution < 1.29 is 28.7 Å². The van der Waals surface area contributed by atoms with E-state index in [4.69, 9.17) is 9.47 Å². The molecule has 7 nitrogen and oxygen atoms in total. The minimum absolute atomic E-state index is 0.125. The minimum atomic E-state index is -2.23. The fraction of sp³-hybridized carbons (Fsp3) is 0.241. The van der Waals surface area contributed by atoms with Gasteiger partial charge in [-0.1, -0.05) is 91.0 Å². The highest BCUT2D eigenvalue weighted by Crippen LogP contribution is 2.46. The van der Waals surface area contributed by atoms with Gasteiger partial charge in [-0.15, -0.1) is 0 Å². The molecule has 1 saturated heterocycles. The third-order valence-electron chi connectivity index (χ3n) is 6.41.